The number of nitrogens with zero attached hydrogens (tertiary/aromatic N) is 4. The summed E-state index contributed by atoms with van der Waals surface area (Å²) >= 11 is 4.37. The van der Waals surface area contributed by atoms with Gasteiger partial charge in [0.05, 0.1) is 0 Å². The Kier molecular flexibility index (Phi) is 11.1. The first kappa shape index (κ1) is 28.4. The maximum atomic E-state index is 12.8. The van der Waals surface area contributed by atoms with Crippen molar-refractivity contribution in [1.29, 1.82) is 0 Å². The van der Waals surface area contributed by atoms with Crippen molar-refractivity contribution < 1.29 is 9.59 Å². The van der Waals surface area contributed by atoms with Crippen molar-refractivity contribution in [3.63, 3.8) is 0 Å². The first-order chi connectivity index (χ1) is 17.9. The number of H-pyrrole nitrogens is 1. The van der Waals surface area contributed by atoms with Crippen molar-refractivity contribution in [2.24, 2.45) is 11.8 Å². The molecular formula is C28H38N6O2S. The molecular weight excluding hydrogens is 484 g/mol. The fourth-order valence-electron chi connectivity index (χ4n) is 4.18. The molecule has 2 amide bonds. The van der Waals surface area contributed by atoms with Gasteiger partial charge in [0.1, 0.15) is 0 Å². The van der Waals surface area contributed by atoms with E-state index in [2.05, 4.69) is 52.4 Å². The largest absolute Gasteiger partial charge is 0.354 e. The molecule has 37 heavy (non-hydrogen) atoms. The average molecular weight is 523 g/mol. The van der Waals surface area contributed by atoms with E-state index in [1.54, 1.807) is 0 Å². The van der Waals surface area contributed by atoms with E-state index >= 15 is 0 Å². The summed E-state index contributed by atoms with van der Waals surface area (Å²) in [6.45, 7) is 7.70. The third kappa shape index (κ3) is 8.42. The normalized spacial score (nSPS) is 11.9. The van der Waals surface area contributed by atoms with Crippen molar-refractivity contribution in [2.75, 3.05) is 18.8 Å². The van der Waals surface area contributed by atoms with E-state index in [0.717, 1.165) is 41.5 Å². The first-order valence-electron chi connectivity index (χ1n) is 13.0. The molecule has 0 saturated carbocycles. The fourth-order valence-corrected chi connectivity index (χ4v) is 4.53. The Morgan fingerprint density at radius 3 is 2.41 bits per heavy atom. The molecule has 1 aromatic heterocycles. The monoisotopic (exact) mass is 522 g/mol. The van der Waals surface area contributed by atoms with Crippen molar-refractivity contribution in [1.82, 2.24) is 30.8 Å². The van der Waals surface area contributed by atoms with Crippen LogP contribution in [0.25, 0.3) is 22.5 Å². The molecule has 0 bridgehead atoms. The van der Waals surface area contributed by atoms with Crippen LogP contribution >= 0.6 is 12.6 Å². The van der Waals surface area contributed by atoms with E-state index in [1.165, 1.54) is 0 Å². The van der Waals surface area contributed by atoms with Crippen LogP contribution in [0.5, 0.6) is 0 Å². The van der Waals surface area contributed by atoms with Gasteiger partial charge in [-0.25, -0.2) is 0 Å². The zero-order chi connectivity index (χ0) is 26.6. The molecule has 0 aliphatic rings. The third-order valence-corrected chi connectivity index (χ3v) is 6.77. The molecule has 0 saturated heterocycles. The second-order valence-electron chi connectivity index (χ2n) is 9.68. The van der Waals surface area contributed by atoms with Gasteiger partial charge in [-0.2, -0.15) is 17.8 Å². The molecule has 2 aromatic carbocycles. The molecule has 9 heteroatoms. The summed E-state index contributed by atoms with van der Waals surface area (Å²) in [5, 5.41) is 17.4. The SMILES string of the molecule is CCCC(=O)N(CCNC(=O)C(CS)CCC(C)C)Cc1ccc(-c2ccccc2-c2nn[nH]n2)cc1. The molecule has 1 heterocycles. The van der Waals surface area contributed by atoms with Gasteiger partial charge in [0.15, 0.2) is 0 Å². The first-order valence-corrected chi connectivity index (χ1v) is 13.6. The Hall–Kier alpha value is -3.20. The summed E-state index contributed by atoms with van der Waals surface area (Å²) in [6, 6.07) is 16.1. The van der Waals surface area contributed by atoms with Crippen LogP contribution in [0.1, 0.15) is 52.0 Å². The van der Waals surface area contributed by atoms with Crippen molar-refractivity contribution in [2.45, 2.75) is 53.0 Å². The second-order valence-corrected chi connectivity index (χ2v) is 10.1. The predicted molar refractivity (Wildman–Crippen MR) is 150 cm³/mol. The maximum absolute atomic E-state index is 12.8. The highest BCUT2D eigenvalue weighted by molar-refractivity contribution is 7.80. The number of tetrazole rings is 1. The van der Waals surface area contributed by atoms with Crippen molar-refractivity contribution in [3.8, 4) is 22.5 Å². The molecule has 3 aromatic rings. The lowest BCUT2D eigenvalue weighted by Crippen LogP contribution is -2.40. The lowest BCUT2D eigenvalue weighted by Gasteiger charge is -2.24. The van der Waals surface area contributed by atoms with Gasteiger partial charge in [-0.15, -0.1) is 10.2 Å². The number of rotatable bonds is 14. The Labute approximate surface area is 225 Å². The number of aromatic nitrogens is 4. The molecule has 0 spiro atoms. The lowest BCUT2D eigenvalue weighted by molar-refractivity contribution is -0.132. The molecule has 0 aliphatic heterocycles. The standard InChI is InChI=1S/C28H38N6O2S/c1-4-7-26(35)34(17-16-29-28(36)23(19-37)13-10-20(2)3)18-21-11-14-22(15-12-21)24-8-5-6-9-25(24)27-30-32-33-31-27/h5-6,8-9,11-12,14-15,20,23,37H,4,7,10,13,16-19H2,1-3H3,(H,29,36)(H,30,31,32,33). The number of carbonyl (C=O) groups is 2. The van der Waals surface area contributed by atoms with Crippen LogP contribution in [0.15, 0.2) is 48.5 Å². The maximum Gasteiger partial charge on any atom is 0.223 e. The molecule has 2 N–H and O–H groups in total. The molecule has 198 valence electrons. The molecule has 1 atom stereocenters. The Morgan fingerprint density at radius 2 is 1.78 bits per heavy atom. The van der Waals surface area contributed by atoms with E-state index in [4.69, 9.17) is 0 Å². The number of benzene rings is 2. The lowest BCUT2D eigenvalue weighted by atomic mass is 9.98. The van der Waals surface area contributed by atoms with Crippen LogP contribution in [0.3, 0.4) is 0 Å². The van der Waals surface area contributed by atoms with Gasteiger partial charge < -0.3 is 10.2 Å². The topological polar surface area (TPSA) is 104 Å². The highest BCUT2D eigenvalue weighted by Crippen LogP contribution is 2.29. The zero-order valence-corrected chi connectivity index (χ0v) is 22.9. The van der Waals surface area contributed by atoms with Gasteiger partial charge in [-0.05, 0) is 40.7 Å². The number of hydrogen-bond acceptors (Lipinski definition) is 6. The minimum Gasteiger partial charge on any atom is -0.354 e. The number of aromatic amines is 1. The Bertz CT molecular complexity index is 1120. The van der Waals surface area contributed by atoms with E-state index < -0.39 is 0 Å². The van der Waals surface area contributed by atoms with Gasteiger partial charge in [-0.1, -0.05) is 75.7 Å². The van der Waals surface area contributed by atoms with Crippen LogP contribution in [-0.4, -0.2) is 56.2 Å². The van der Waals surface area contributed by atoms with E-state index in [-0.39, 0.29) is 17.7 Å². The summed E-state index contributed by atoms with van der Waals surface area (Å²) in [6.07, 6.45) is 3.09. The van der Waals surface area contributed by atoms with Crippen LogP contribution in [0, 0.1) is 11.8 Å². The van der Waals surface area contributed by atoms with Gasteiger partial charge in [-0.3, -0.25) is 9.59 Å². The number of hydrogen-bond donors (Lipinski definition) is 3. The summed E-state index contributed by atoms with van der Waals surface area (Å²) in [5.41, 5.74) is 3.96. The van der Waals surface area contributed by atoms with Crippen LogP contribution in [0.2, 0.25) is 0 Å². The predicted octanol–water partition coefficient (Wildman–Crippen LogP) is 4.76. The minimum absolute atomic E-state index is 0.0168. The van der Waals surface area contributed by atoms with Crippen LogP contribution in [-0.2, 0) is 16.1 Å². The molecule has 0 fully saturated rings. The smallest absolute Gasteiger partial charge is 0.223 e. The Morgan fingerprint density at radius 1 is 1.05 bits per heavy atom. The molecule has 0 radical (unpaired) electrons. The Balaban J connectivity index is 1.65. The van der Waals surface area contributed by atoms with Gasteiger partial charge in [0.25, 0.3) is 0 Å². The summed E-state index contributed by atoms with van der Waals surface area (Å²) < 4.78 is 0. The highest BCUT2D eigenvalue weighted by atomic mass is 32.1. The van der Waals surface area contributed by atoms with Crippen molar-refractivity contribution in [3.05, 3.63) is 54.1 Å². The van der Waals surface area contributed by atoms with E-state index in [0.29, 0.717) is 43.6 Å². The number of thiol groups is 1. The summed E-state index contributed by atoms with van der Waals surface area (Å²) in [5.74, 6) is 1.63. The molecule has 0 aliphatic carbocycles. The zero-order valence-electron chi connectivity index (χ0n) is 22.0. The fraction of sp³-hybridized carbons (Fsp3) is 0.464. The molecule has 8 nitrogen and oxygen atoms in total. The van der Waals surface area contributed by atoms with Gasteiger partial charge >= 0.3 is 0 Å². The summed E-state index contributed by atoms with van der Waals surface area (Å²) in [4.78, 5) is 27.3. The van der Waals surface area contributed by atoms with Crippen LogP contribution < -0.4 is 5.32 Å². The highest BCUT2D eigenvalue weighted by Gasteiger charge is 2.19. The van der Waals surface area contributed by atoms with Crippen molar-refractivity contribution >= 4 is 24.4 Å². The third-order valence-electron chi connectivity index (χ3n) is 6.33. The average Bonchev–Trinajstić information content (AvgIpc) is 3.44. The van der Waals surface area contributed by atoms with Gasteiger partial charge in [0, 0.05) is 43.3 Å². The quantitative estimate of drug-likeness (QED) is 0.265. The molecule has 1 unspecified atom stereocenters. The summed E-state index contributed by atoms with van der Waals surface area (Å²) in [7, 11) is 0. The van der Waals surface area contributed by atoms with E-state index in [1.807, 2.05) is 60.4 Å². The van der Waals surface area contributed by atoms with Gasteiger partial charge in [0.2, 0.25) is 17.6 Å². The van der Waals surface area contributed by atoms with E-state index in [9.17, 15) is 9.59 Å². The number of amides is 2. The second kappa shape index (κ2) is 14.5. The number of carbonyl (C=O) groups excluding carboxylic acids is 2. The van der Waals surface area contributed by atoms with Crippen LogP contribution in [0.4, 0.5) is 0 Å². The molecule has 3 rings (SSSR count). The minimum atomic E-state index is -0.103. The number of nitrogens with one attached hydrogen (secondary N) is 2.